The van der Waals surface area contributed by atoms with Crippen molar-refractivity contribution in [1.29, 1.82) is 0 Å². The smallest absolute Gasteiger partial charge is 0.343 e. The Kier molecular flexibility index (Phi) is 2.67. The van der Waals surface area contributed by atoms with Crippen molar-refractivity contribution >= 4 is 0 Å². The number of aliphatic hydroxyl groups excluding tert-OH is 1. The Morgan fingerprint density at radius 3 is 2.86 bits per heavy atom. The highest BCUT2D eigenvalue weighted by atomic mass is 16.3. The van der Waals surface area contributed by atoms with Crippen molar-refractivity contribution in [2.75, 3.05) is 6.61 Å². The van der Waals surface area contributed by atoms with Crippen LogP contribution in [0.5, 0.6) is 0 Å². The maximum Gasteiger partial charge on any atom is 0.343 e. The molecule has 1 aliphatic rings. The van der Waals surface area contributed by atoms with E-state index in [0.717, 1.165) is 12.8 Å². The molecule has 1 fully saturated rings. The van der Waals surface area contributed by atoms with Crippen molar-refractivity contribution in [1.82, 2.24) is 14.8 Å². The van der Waals surface area contributed by atoms with E-state index in [1.165, 1.54) is 17.5 Å². The molecule has 1 aromatic heterocycles. The molecule has 5 heteroatoms. The molecule has 0 aliphatic heterocycles. The number of hydrogen-bond donors (Lipinski definition) is 2. The van der Waals surface area contributed by atoms with Gasteiger partial charge in [0.1, 0.15) is 5.82 Å². The van der Waals surface area contributed by atoms with Crippen molar-refractivity contribution in [2.45, 2.75) is 38.1 Å². The fourth-order valence-electron chi connectivity index (χ4n) is 2.00. The van der Waals surface area contributed by atoms with Crippen LogP contribution in [0.3, 0.4) is 0 Å². The third-order valence-electron chi connectivity index (χ3n) is 2.71. The Labute approximate surface area is 81.8 Å². The molecule has 0 unspecified atom stereocenters. The van der Waals surface area contributed by atoms with Gasteiger partial charge < -0.3 is 5.11 Å². The molecule has 0 atom stereocenters. The highest BCUT2D eigenvalue weighted by Crippen LogP contribution is 2.27. The van der Waals surface area contributed by atoms with Crippen LogP contribution in [0.25, 0.3) is 0 Å². The molecule has 0 radical (unpaired) electrons. The van der Waals surface area contributed by atoms with Gasteiger partial charge in [-0.2, -0.15) is 5.10 Å². The number of nitrogens with one attached hydrogen (secondary N) is 1. The predicted molar refractivity (Wildman–Crippen MR) is 51.1 cm³/mol. The van der Waals surface area contributed by atoms with Gasteiger partial charge in [-0.3, -0.25) is 4.98 Å². The van der Waals surface area contributed by atoms with Gasteiger partial charge >= 0.3 is 5.69 Å². The summed E-state index contributed by atoms with van der Waals surface area (Å²) in [6.07, 6.45) is 4.88. The van der Waals surface area contributed by atoms with Gasteiger partial charge in [0.2, 0.25) is 0 Å². The maximum absolute atomic E-state index is 11.5. The second-order valence-electron chi connectivity index (χ2n) is 3.73. The van der Waals surface area contributed by atoms with Crippen LogP contribution in [-0.4, -0.2) is 26.5 Å². The fourth-order valence-corrected chi connectivity index (χ4v) is 2.00. The molecule has 1 aromatic rings. The summed E-state index contributed by atoms with van der Waals surface area (Å²) in [5.74, 6) is 0.587. The van der Waals surface area contributed by atoms with Crippen LogP contribution in [0.15, 0.2) is 4.79 Å². The summed E-state index contributed by atoms with van der Waals surface area (Å²) in [7, 11) is 0. The summed E-state index contributed by atoms with van der Waals surface area (Å²) in [5.41, 5.74) is -0.139. The van der Waals surface area contributed by atoms with Gasteiger partial charge in [0.25, 0.3) is 0 Å². The molecular formula is C9H15N3O2. The molecule has 1 saturated carbocycles. The van der Waals surface area contributed by atoms with Crippen molar-refractivity contribution in [2.24, 2.45) is 0 Å². The Balaban J connectivity index is 2.20. The van der Waals surface area contributed by atoms with Gasteiger partial charge in [0.15, 0.2) is 0 Å². The maximum atomic E-state index is 11.5. The normalized spacial score (nSPS) is 17.8. The number of rotatable bonds is 3. The van der Waals surface area contributed by atoms with E-state index in [4.69, 9.17) is 5.11 Å². The summed E-state index contributed by atoms with van der Waals surface area (Å²) in [6, 6.07) is 0.270. The zero-order chi connectivity index (χ0) is 9.97. The van der Waals surface area contributed by atoms with E-state index in [1.54, 1.807) is 0 Å². The van der Waals surface area contributed by atoms with Gasteiger partial charge in [-0.15, -0.1) is 0 Å². The standard InChI is InChI=1S/C9H15N3O2/c13-6-5-8-10-9(14)12(11-8)7-3-1-2-4-7/h7,13H,1-6H2,(H,10,11,14). The predicted octanol–water partition coefficient (Wildman–Crippen LogP) is 0.221. The zero-order valence-corrected chi connectivity index (χ0v) is 8.07. The molecule has 0 amide bonds. The lowest BCUT2D eigenvalue weighted by Gasteiger charge is -2.06. The quantitative estimate of drug-likeness (QED) is 0.728. The van der Waals surface area contributed by atoms with Gasteiger partial charge in [-0.05, 0) is 12.8 Å². The summed E-state index contributed by atoms with van der Waals surface area (Å²) >= 11 is 0. The first kappa shape index (κ1) is 9.45. The topological polar surface area (TPSA) is 70.9 Å². The molecule has 1 heterocycles. The summed E-state index contributed by atoms with van der Waals surface area (Å²) in [5, 5.41) is 12.9. The first-order chi connectivity index (χ1) is 6.81. The van der Waals surface area contributed by atoms with Crippen molar-refractivity contribution in [3.63, 3.8) is 0 Å². The van der Waals surface area contributed by atoms with E-state index in [2.05, 4.69) is 10.1 Å². The summed E-state index contributed by atoms with van der Waals surface area (Å²) in [6.45, 7) is 0.0254. The Morgan fingerprint density at radius 1 is 1.50 bits per heavy atom. The van der Waals surface area contributed by atoms with E-state index >= 15 is 0 Å². The van der Waals surface area contributed by atoms with Gasteiger partial charge in [0, 0.05) is 6.42 Å². The van der Waals surface area contributed by atoms with Crippen LogP contribution in [0.2, 0.25) is 0 Å². The Bertz CT molecular complexity index is 349. The molecule has 0 aromatic carbocycles. The first-order valence-corrected chi connectivity index (χ1v) is 5.10. The number of H-pyrrole nitrogens is 1. The minimum absolute atomic E-state index is 0.0254. The lowest BCUT2D eigenvalue weighted by atomic mass is 10.3. The highest BCUT2D eigenvalue weighted by molar-refractivity contribution is 4.85. The fraction of sp³-hybridized carbons (Fsp3) is 0.778. The first-order valence-electron chi connectivity index (χ1n) is 5.10. The number of nitrogens with zero attached hydrogens (tertiary/aromatic N) is 2. The lowest BCUT2D eigenvalue weighted by molar-refractivity contribution is 0.296. The average molecular weight is 197 g/mol. The molecule has 1 aliphatic carbocycles. The van der Waals surface area contributed by atoms with Crippen LogP contribution in [0.4, 0.5) is 0 Å². The van der Waals surface area contributed by atoms with Crippen LogP contribution < -0.4 is 5.69 Å². The van der Waals surface area contributed by atoms with Gasteiger partial charge in [-0.1, -0.05) is 12.8 Å². The second-order valence-corrected chi connectivity index (χ2v) is 3.73. The van der Waals surface area contributed by atoms with E-state index in [0.29, 0.717) is 12.2 Å². The number of aromatic nitrogens is 3. The molecule has 14 heavy (non-hydrogen) atoms. The minimum Gasteiger partial charge on any atom is -0.396 e. The molecule has 2 rings (SSSR count). The van der Waals surface area contributed by atoms with Crippen molar-refractivity contribution in [3.05, 3.63) is 16.3 Å². The largest absolute Gasteiger partial charge is 0.396 e. The van der Waals surface area contributed by atoms with E-state index in [1.807, 2.05) is 0 Å². The molecule has 5 nitrogen and oxygen atoms in total. The monoisotopic (exact) mass is 197 g/mol. The summed E-state index contributed by atoms with van der Waals surface area (Å²) < 4.78 is 1.54. The Morgan fingerprint density at radius 2 is 2.21 bits per heavy atom. The molecule has 2 N–H and O–H groups in total. The highest BCUT2D eigenvalue weighted by Gasteiger charge is 2.20. The third kappa shape index (κ3) is 1.72. The van der Waals surface area contributed by atoms with Crippen LogP contribution >= 0.6 is 0 Å². The van der Waals surface area contributed by atoms with E-state index in [9.17, 15) is 4.79 Å². The van der Waals surface area contributed by atoms with E-state index in [-0.39, 0.29) is 18.3 Å². The molecule has 0 spiro atoms. The average Bonchev–Trinajstić information content (AvgIpc) is 2.74. The molecular weight excluding hydrogens is 182 g/mol. The number of hydrogen-bond acceptors (Lipinski definition) is 3. The molecule has 0 bridgehead atoms. The second kappa shape index (κ2) is 3.96. The Hall–Kier alpha value is -1.10. The third-order valence-corrected chi connectivity index (χ3v) is 2.71. The van der Waals surface area contributed by atoms with E-state index < -0.39 is 0 Å². The number of aromatic amines is 1. The molecule has 0 saturated heterocycles. The van der Waals surface area contributed by atoms with Crippen molar-refractivity contribution in [3.8, 4) is 0 Å². The summed E-state index contributed by atoms with van der Waals surface area (Å²) in [4.78, 5) is 14.1. The minimum atomic E-state index is -0.139. The van der Waals surface area contributed by atoms with Crippen LogP contribution in [-0.2, 0) is 6.42 Å². The lowest BCUT2D eigenvalue weighted by Crippen LogP contribution is -2.21. The van der Waals surface area contributed by atoms with Crippen LogP contribution in [0, 0.1) is 0 Å². The number of aliphatic hydroxyl groups is 1. The van der Waals surface area contributed by atoms with Crippen molar-refractivity contribution < 1.29 is 5.11 Å². The zero-order valence-electron chi connectivity index (χ0n) is 8.07. The SMILES string of the molecule is O=c1[nH]c(CCO)nn1C1CCCC1. The van der Waals surface area contributed by atoms with Gasteiger partial charge in [-0.25, -0.2) is 9.48 Å². The van der Waals surface area contributed by atoms with Crippen LogP contribution in [0.1, 0.15) is 37.5 Å². The molecule has 78 valence electrons. The van der Waals surface area contributed by atoms with Gasteiger partial charge in [0.05, 0.1) is 12.6 Å².